The van der Waals surface area contributed by atoms with E-state index in [0.717, 1.165) is 35.7 Å². The summed E-state index contributed by atoms with van der Waals surface area (Å²) in [5, 5.41) is 7.19. The molecule has 1 saturated heterocycles. The lowest BCUT2D eigenvalue weighted by Crippen LogP contribution is -2.45. The molecule has 8 heteroatoms. The van der Waals surface area contributed by atoms with Crippen molar-refractivity contribution in [2.45, 2.75) is 25.0 Å². The molecule has 164 valence electrons. The molecule has 31 heavy (non-hydrogen) atoms. The Balaban J connectivity index is 1.31. The van der Waals surface area contributed by atoms with Gasteiger partial charge in [0.2, 0.25) is 6.10 Å². The first-order chi connectivity index (χ1) is 15.2. The molecule has 0 aliphatic carbocycles. The number of pyridine rings is 1. The zero-order valence-corrected chi connectivity index (χ0v) is 17.7. The van der Waals surface area contributed by atoms with Gasteiger partial charge >= 0.3 is 0 Å². The van der Waals surface area contributed by atoms with Gasteiger partial charge in [0.15, 0.2) is 0 Å². The second-order valence-corrected chi connectivity index (χ2v) is 7.68. The van der Waals surface area contributed by atoms with E-state index in [0.29, 0.717) is 32.6 Å². The van der Waals surface area contributed by atoms with Crippen LogP contribution in [0.1, 0.15) is 23.6 Å². The van der Waals surface area contributed by atoms with Crippen LogP contribution in [0.25, 0.3) is 0 Å². The van der Waals surface area contributed by atoms with E-state index in [-0.39, 0.29) is 11.9 Å². The van der Waals surface area contributed by atoms with E-state index in [4.69, 9.17) is 14.3 Å². The molecule has 1 aromatic carbocycles. The van der Waals surface area contributed by atoms with Crippen LogP contribution >= 0.6 is 0 Å². The fraction of sp³-hybridized carbons (Fsp3) is 0.435. The lowest BCUT2D eigenvalue weighted by molar-refractivity contribution is -0.131. The fourth-order valence-corrected chi connectivity index (χ4v) is 3.88. The molecule has 2 aliphatic rings. The van der Waals surface area contributed by atoms with E-state index in [1.54, 1.807) is 13.3 Å². The van der Waals surface area contributed by atoms with Gasteiger partial charge in [0.25, 0.3) is 5.91 Å². The summed E-state index contributed by atoms with van der Waals surface area (Å²) in [6, 6.07) is 11.8. The monoisotopic (exact) mass is 424 g/mol. The number of morpholine rings is 1. The average molecular weight is 425 g/mol. The van der Waals surface area contributed by atoms with Crippen molar-refractivity contribution < 1.29 is 19.1 Å². The fourth-order valence-electron chi connectivity index (χ4n) is 3.88. The number of methoxy groups -OCH3 is 1. The van der Waals surface area contributed by atoms with Crippen molar-refractivity contribution in [1.29, 1.82) is 0 Å². The SMILES string of the molecule is COc1ccc(CC2=NOC(C(=O)NCC(c3cccnc3)N3CCOCC3)C2)cc1. The normalized spacial score (nSPS) is 19.9. The van der Waals surface area contributed by atoms with Crippen LogP contribution in [-0.2, 0) is 20.8 Å². The van der Waals surface area contributed by atoms with Crippen molar-refractivity contribution in [1.82, 2.24) is 15.2 Å². The van der Waals surface area contributed by atoms with Crippen LogP contribution < -0.4 is 10.1 Å². The number of hydrogen-bond acceptors (Lipinski definition) is 7. The Hall–Kier alpha value is -2.97. The summed E-state index contributed by atoms with van der Waals surface area (Å²) in [4.78, 5) is 24.8. The molecule has 0 spiro atoms. The third-order valence-corrected chi connectivity index (χ3v) is 5.62. The minimum absolute atomic E-state index is 0.0441. The number of nitrogens with zero attached hydrogens (tertiary/aromatic N) is 3. The van der Waals surface area contributed by atoms with Crippen LogP contribution in [0, 0.1) is 0 Å². The van der Waals surface area contributed by atoms with E-state index in [1.165, 1.54) is 0 Å². The zero-order valence-electron chi connectivity index (χ0n) is 17.7. The van der Waals surface area contributed by atoms with Gasteiger partial charge in [0, 0.05) is 44.9 Å². The molecule has 0 saturated carbocycles. The molecule has 1 fully saturated rings. The summed E-state index contributed by atoms with van der Waals surface area (Å²) in [5.41, 5.74) is 3.05. The quantitative estimate of drug-likeness (QED) is 0.697. The highest BCUT2D eigenvalue weighted by Crippen LogP contribution is 2.21. The number of ether oxygens (including phenoxy) is 2. The highest BCUT2D eigenvalue weighted by molar-refractivity contribution is 5.93. The molecule has 0 radical (unpaired) electrons. The number of carbonyl (C=O) groups excluding carboxylic acids is 1. The summed E-state index contributed by atoms with van der Waals surface area (Å²) in [6.07, 6.45) is 4.17. The molecule has 1 aromatic heterocycles. The lowest BCUT2D eigenvalue weighted by atomic mass is 10.0. The van der Waals surface area contributed by atoms with Gasteiger partial charge in [-0.05, 0) is 29.3 Å². The van der Waals surface area contributed by atoms with Crippen LogP contribution in [0.5, 0.6) is 5.75 Å². The molecule has 2 aliphatic heterocycles. The first-order valence-electron chi connectivity index (χ1n) is 10.6. The largest absolute Gasteiger partial charge is 0.497 e. The van der Waals surface area contributed by atoms with Crippen LogP contribution in [0.2, 0.25) is 0 Å². The van der Waals surface area contributed by atoms with Gasteiger partial charge < -0.3 is 19.6 Å². The maximum Gasteiger partial charge on any atom is 0.264 e. The number of oxime groups is 1. The molecule has 2 aromatic rings. The van der Waals surface area contributed by atoms with Crippen molar-refractivity contribution in [2.75, 3.05) is 40.0 Å². The number of nitrogens with one attached hydrogen (secondary N) is 1. The molecular formula is C23H28N4O4. The smallest absolute Gasteiger partial charge is 0.264 e. The predicted octanol–water partition coefficient (Wildman–Crippen LogP) is 1.97. The number of benzene rings is 1. The molecule has 0 bridgehead atoms. The summed E-state index contributed by atoms with van der Waals surface area (Å²) >= 11 is 0. The molecular weight excluding hydrogens is 396 g/mol. The van der Waals surface area contributed by atoms with E-state index in [9.17, 15) is 4.79 Å². The lowest BCUT2D eigenvalue weighted by Gasteiger charge is -2.34. The zero-order chi connectivity index (χ0) is 21.5. The van der Waals surface area contributed by atoms with E-state index < -0.39 is 6.10 Å². The van der Waals surface area contributed by atoms with Gasteiger partial charge in [-0.1, -0.05) is 23.4 Å². The Morgan fingerprint density at radius 3 is 2.77 bits per heavy atom. The van der Waals surface area contributed by atoms with Crippen LogP contribution in [0.3, 0.4) is 0 Å². The highest BCUT2D eigenvalue weighted by atomic mass is 16.6. The van der Waals surface area contributed by atoms with Crippen molar-refractivity contribution in [3.05, 3.63) is 59.9 Å². The van der Waals surface area contributed by atoms with Crippen molar-refractivity contribution >= 4 is 11.6 Å². The third-order valence-electron chi connectivity index (χ3n) is 5.62. The maximum atomic E-state index is 12.8. The summed E-state index contributed by atoms with van der Waals surface area (Å²) in [5.74, 6) is 0.671. The van der Waals surface area contributed by atoms with Crippen LogP contribution in [0.4, 0.5) is 0 Å². The topological polar surface area (TPSA) is 85.3 Å². The average Bonchev–Trinajstić information content (AvgIpc) is 3.30. The number of rotatable bonds is 8. The number of aromatic nitrogens is 1. The van der Waals surface area contributed by atoms with E-state index >= 15 is 0 Å². The van der Waals surface area contributed by atoms with Crippen molar-refractivity contribution in [3.8, 4) is 5.75 Å². The molecule has 2 atom stereocenters. The Kier molecular flexibility index (Phi) is 7.11. The summed E-state index contributed by atoms with van der Waals surface area (Å²) in [7, 11) is 1.64. The minimum Gasteiger partial charge on any atom is -0.497 e. The number of amides is 1. The second kappa shape index (κ2) is 10.4. The van der Waals surface area contributed by atoms with Crippen LogP contribution in [0.15, 0.2) is 53.9 Å². The molecule has 1 amide bonds. The Morgan fingerprint density at radius 2 is 2.06 bits per heavy atom. The van der Waals surface area contributed by atoms with Gasteiger partial charge in [-0.25, -0.2) is 0 Å². The maximum absolute atomic E-state index is 12.8. The summed E-state index contributed by atoms with van der Waals surface area (Å²) in [6.45, 7) is 3.52. The van der Waals surface area contributed by atoms with Crippen LogP contribution in [-0.4, -0.2) is 67.6 Å². The van der Waals surface area contributed by atoms with Gasteiger partial charge in [-0.3, -0.25) is 14.7 Å². The van der Waals surface area contributed by atoms with Gasteiger partial charge in [-0.2, -0.15) is 0 Å². The first-order valence-corrected chi connectivity index (χ1v) is 10.6. The first kappa shape index (κ1) is 21.3. The molecule has 4 rings (SSSR count). The summed E-state index contributed by atoms with van der Waals surface area (Å²) < 4.78 is 10.7. The Morgan fingerprint density at radius 1 is 1.26 bits per heavy atom. The second-order valence-electron chi connectivity index (χ2n) is 7.68. The van der Waals surface area contributed by atoms with Gasteiger partial charge in [0.1, 0.15) is 5.75 Å². The highest BCUT2D eigenvalue weighted by Gasteiger charge is 2.30. The van der Waals surface area contributed by atoms with Crippen molar-refractivity contribution in [2.24, 2.45) is 5.16 Å². The third kappa shape index (κ3) is 5.59. The Labute approximate surface area is 182 Å². The molecule has 1 N–H and O–H groups in total. The molecule has 3 heterocycles. The number of hydrogen-bond donors (Lipinski definition) is 1. The van der Waals surface area contributed by atoms with Gasteiger partial charge in [0.05, 0.1) is 32.1 Å². The van der Waals surface area contributed by atoms with Gasteiger partial charge in [-0.15, -0.1) is 0 Å². The van der Waals surface area contributed by atoms with Crippen molar-refractivity contribution in [3.63, 3.8) is 0 Å². The predicted molar refractivity (Wildman–Crippen MR) is 116 cm³/mol. The molecule has 8 nitrogen and oxygen atoms in total. The molecule has 2 unspecified atom stereocenters. The Bertz CT molecular complexity index is 882. The minimum atomic E-state index is -0.590. The number of carbonyl (C=O) groups is 1. The van der Waals surface area contributed by atoms with E-state index in [2.05, 4.69) is 20.4 Å². The standard InChI is InChI=1S/C23H28N4O4/c1-29-20-6-4-17(5-7-20)13-19-14-22(31-26-19)23(28)25-16-21(18-3-2-8-24-15-18)27-9-11-30-12-10-27/h2-8,15,21-22H,9-14,16H2,1H3,(H,25,28). The van der Waals surface area contributed by atoms with E-state index in [1.807, 2.05) is 42.6 Å².